The molecule has 0 saturated carbocycles. The van der Waals surface area contributed by atoms with Crippen molar-refractivity contribution in [3.63, 3.8) is 0 Å². The van der Waals surface area contributed by atoms with Gasteiger partial charge in [-0.25, -0.2) is 4.68 Å². The SMILES string of the molecule is COc1cccc(C(=O)N2CCN(C(=O)c3cnn(-c4cccc(Cl)c4)c3C)CC2)c1. The van der Waals surface area contributed by atoms with Crippen LogP contribution < -0.4 is 4.74 Å². The number of ether oxygens (including phenoxy) is 1. The molecule has 1 aliphatic heterocycles. The molecule has 2 heterocycles. The van der Waals surface area contributed by atoms with E-state index in [0.29, 0.717) is 48.1 Å². The number of halogens is 1. The molecule has 0 radical (unpaired) electrons. The molecule has 0 aliphatic carbocycles. The van der Waals surface area contributed by atoms with Gasteiger partial charge in [-0.05, 0) is 43.3 Å². The average Bonchev–Trinajstić information content (AvgIpc) is 3.19. The first-order chi connectivity index (χ1) is 15.0. The number of carbonyl (C=O) groups excluding carboxylic acids is 2. The van der Waals surface area contributed by atoms with Crippen molar-refractivity contribution in [3.8, 4) is 11.4 Å². The fourth-order valence-corrected chi connectivity index (χ4v) is 3.89. The summed E-state index contributed by atoms with van der Waals surface area (Å²) in [6.07, 6.45) is 1.59. The van der Waals surface area contributed by atoms with Gasteiger partial charge in [0.05, 0.1) is 30.3 Å². The number of hydrogen-bond acceptors (Lipinski definition) is 4. The van der Waals surface area contributed by atoms with Crippen LogP contribution in [0.25, 0.3) is 5.69 Å². The molecule has 31 heavy (non-hydrogen) atoms. The molecule has 1 aromatic heterocycles. The summed E-state index contributed by atoms with van der Waals surface area (Å²) >= 11 is 6.08. The van der Waals surface area contributed by atoms with E-state index in [1.54, 1.807) is 64.2 Å². The second-order valence-electron chi connectivity index (χ2n) is 7.35. The van der Waals surface area contributed by atoms with E-state index in [-0.39, 0.29) is 11.8 Å². The van der Waals surface area contributed by atoms with Gasteiger partial charge in [0.15, 0.2) is 0 Å². The zero-order valence-electron chi connectivity index (χ0n) is 17.4. The summed E-state index contributed by atoms with van der Waals surface area (Å²) in [7, 11) is 1.57. The predicted molar refractivity (Wildman–Crippen MR) is 118 cm³/mol. The minimum atomic E-state index is -0.0840. The number of nitrogens with zero attached hydrogens (tertiary/aromatic N) is 4. The third-order valence-electron chi connectivity index (χ3n) is 5.46. The Morgan fingerprint density at radius 3 is 2.32 bits per heavy atom. The van der Waals surface area contributed by atoms with Crippen LogP contribution in [-0.4, -0.2) is 64.7 Å². The lowest BCUT2D eigenvalue weighted by molar-refractivity contribution is 0.0535. The highest BCUT2D eigenvalue weighted by Gasteiger charge is 2.27. The van der Waals surface area contributed by atoms with Crippen molar-refractivity contribution < 1.29 is 14.3 Å². The van der Waals surface area contributed by atoms with Crippen LogP contribution in [0, 0.1) is 6.92 Å². The van der Waals surface area contributed by atoms with Crippen LogP contribution in [0.1, 0.15) is 26.4 Å². The van der Waals surface area contributed by atoms with E-state index in [9.17, 15) is 9.59 Å². The van der Waals surface area contributed by atoms with Crippen LogP contribution in [0.5, 0.6) is 5.75 Å². The molecule has 1 aliphatic rings. The highest BCUT2D eigenvalue weighted by atomic mass is 35.5. The number of methoxy groups -OCH3 is 1. The van der Waals surface area contributed by atoms with Gasteiger partial charge < -0.3 is 14.5 Å². The molecule has 1 fully saturated rings. The Hall–Kier alpha value is -3.32. The van der Waals surface area contributed by atoms with Gasteiger partial charge in [0, 0.05) is 36.8 Å². The second kappa shape index (κ2) is 8.81. The molecule has 0 unspecified atom stereocenters. The van der Waals surface area contributed by atoms with Gasteiger partial charge in [0.2, 0.25) is 0 Å². The van der Waals surface area contributed by atoms with Gasteiger partial charge in [-0.1, -0.05) is 23.7 Å². The summed E-state index contributed by atoms with van der Waals surface area (Å²) in [5.74, 6) is 0.502. The van der Waals surface area contributed by atoms with Crippen LogP contribution in [0.2, 0.25) is 5.02 Å². The standard InChI is InChI=1S/C23H23ClN4O3/c1-16-21(15-25-28(16)19-7-4-6-18(24)14-19)23(30)27-11-9-26(10-12-27)22(29)17-5-3-8-20(13-17)31-2/h3-8,13-15H,9-12H2,1-2H3. The largest absolute Gasteiger partial charge is 0.497 e. The third-order valence-corrected chi connectivity index (χ3v) is 5.70. The fraction of sp³-hybridized carbons (Fsp3) is 0.261. The number of aromatic nitrogens is 2. The summed E-state index contributed by atoms with van der Waals surface area (Å²) in [4.78, 5) is 29.4. The van der Waals surface area contributed by atoms with E-state index in [1.807, 2.05) is 19.1 Å². The molecule has 0 atom stereocenters. The van der Waals surface area contributed by atoms with E-state index < -0.39 is 0 Å². The summed E-state index contributed by atoms with van der Waals surface area (Å²) < 4.78 is 6.91. The summed E-state index contributed by atoms with van der Waals surface area (Å²) in [6, 6.07) is 14.4. The highest BCUT2D eigenvalue weighted by molar-refractivity contribution is 6.30. The van der Waals surface area contributed by atoms with E-state index in [4.69, 9.17) is 16.3 Å². The normalized spacial score (nSPS) is 13.9. The van der Waals surface area contributed by atoms with E-state index in [1.165, 1.54) is 0 Å². The van der Waals surface area contributed by atoms with Gasteiger partial charge in [-0.3, -0.25) is 9.59 Å². The van der Waals surface area contributed by atoms with Crippen LogP contribution in [0.4, 0.5) is 0 Å². The molecule has 2 aromatic carbocycles. The molecule has 4 rings (SSSR count). The van der Waals surface area contributed by atoms with E-state index >= 15 is 0 Å². The second-order valence-corrected chi connectivity index (χ2v) is 7.79. The molecule has 2 amide bonds. The molecule has 0 N–H and O–H groups in total. The minimum absolute atomic E-state index is 0.0593. The monoisotopic (exact) mass is 438 g/mol. The maximum absolute atomic E-state index is 13.1. The summed E-state index contributed by atoms with van der Waals surface area (Å²) in [5, 5.41) is 4.98. The lowest BCUT2D eigenvalue weighted by atomic mass is 10.1. The Balaban J connectivity index is 1.43. The number of piperazine rings is 1. The lowest BCUT2D eigenvalue weighted by Gasteiger charge is -2.34. The molecule has 0 bridgehead atoms. The van der Waals surface area contributed by atoms with E-state index in [0.717, 1.165) is 11.4 Å². The zero-order valence-corrected chi connectivity index (χ0v) is 18.2. The number of rotatable bonds is 4. The Morgan fingerprint density at radius 1 is 0.968 bits per heavy atom. The van der Waals surface area contributed by atoms with Crippen LogP contribution in [0.3, 0.4) is 0 Å². The van der Waals surface area contributed by atoms with Crippen LogP contribution in [0.15, 0.2) is 54.7 Å². The molecular weight excluding hydrogens is 416 g/mol. The van der Waals surface area contributed by atoms with Crippen molar-refractivity contribution in [1.29, 1.82) is 0 Å². The maximum Gasteiger partial charge on any atom is 0.257 e. The first-order valence-corrected chi connectivity index (χ1v) is 10.4. The van der Waals surface area contributed by atoms with Gasteiger partial charge in [-0.15, -0.1) is 0 Å². The zero-order chi connectivity index (χ0) is 22.0. The van der Waals surface area contributed by atoms with Gasteiger partial charge in [0.1, 0.15) is 5.75 Å². The van der Waals surface area contributed by atoms with Gasteiger partial charge >= 0.3 is 0 Å². The summed E-state index contributed by atoms with van der Waals surface area (Å²) in [5.41, 5.74) is 2.69. The molecule has 8 heteroatoms. The Bertz CT molecular complexity index is 1120. The number of benzene rings is 2. The first-order valence-electron chi connectivity index (χ1n) is 10.0. The van der Waals surface area contributed by atoms with Crippen LogP contribution >= 0.6 is 11.6 Å². The quantitative estimate of drug-likeness (QED) is 0.625. The molecule has 1 saturated heterocycles. The minimum Gasteiger partial charge on any atom is -0.497 e. The van der Waals surface area contributed by atoms with Crippen molar-refractivity contribution in [3.05, 3.63) is 76.6 Å². The summed E-state index contributed by atoms with van der Waals surface area (Å²) in [6.45, 7) is 3.75. The Kier molecular flexibility index (Phi) is 5.95. The van der Waals surface area contributed by atoms with Gasteiger partial charge in [-0.2, -0.15) is 5.10 Å². The van der Waals surface area contributed by atoms with Crippen molar-refractivity contribution in [2.24, 2.45) is 0 Å². The Labute approximate surface area is 185 Å². The van der Waals surface area contributed by atoms with Crippen molar-refractivity contribution >= 4 is 23.4 Å². The molecule has 3 aromatic rings. The molecule has 0 spiro atoms. The topological polar surface area (TPSA) is 67.7 Å². The van der Waals surface area contributed by atoms with Crippen LogP contribution in [-0.2, 0) is 0 Å². The average molecular weight is 439 g/mol. The Morgan fingerprint density at radius 2 is 1.65 bits per heavy atom. The smallest absolute Gasteiger partial charge is 0.257 e. The van der Waals surface area contributed by atoms with Gasteiger partial charge in [0.25, 0.3) is 11.8 Å². The van der Waals surface area contributed by atoms with Crippen molar-refractivity contribution in [1.82, 2.24) is 19.6 Å². The lowest BCUT2D eigenvalue weighted by Crippen LogP contribution is -2.50. The molecular formula is C23H23ClN4O3. The fourth-order valence-electron chi connectivity index (χ4n) is 3.71. The van der Waals surface area contributed by atoms with Crippen molar-refractivity contribution in [2.45, 2.75) is 6.92 Å². The molecule has 160 valence electrons. The van der Waals surface area contributed by atoms with Crippen molar-refractivity contribution in [2.75, 3.05) is 33.3 Å². The molecule has 7 nitrogen and oxygen atoms in total. The maximum atomic E-state index is 13.1. The number of hydrogen-bond donors (Lipinski definition) is 0. The number of carbonyl (C=O) groups is 2. The number of amides is 2. The highest BCUT2D eigenvalue weighted by Crippen LogP contribution is 2.20. The predicted octanol–water partition coefficient (Wildman–Crippen LogP) is 3.44. The first kappa shape index (κ1) is 20.9. The van der Waals surface area contributed by atoms with E-state index in [2.05, 4.69) is 5.10 Å². The third kappa shape index (κ3) is 4.27.